The Bertz CT molecular complexity index is 1090. The average Bonchev–Trinajstić information content (AvgIpc) is 2.79. The van der Waals surface area contributed by atoms with Crippen molar-refractivity contribution in [2.75, 3.05) is 39.3 Å². The number of carbonyl (C=O) groups is 2. The van der Waals surface area contributed by atoms with E-state index in [1.54, 1.807) is 36.1 Å². The van der Waals surface area contributed by atoms with E-state index < -0.39 is 16.1 Å². The lowest BCUT2D eigenvalue weighted by Gasteiger charge is -2.35. The normalized spacial score (nSPS) is 14.4. The summed E-state index contributed by atoms with van der Waals surface area (Å²) in [5, 5.41) is 0.878. The van der Waals surface area contributed by atoms with E-state index in [1.807, 2.05) is 0 Å². The SMILES string of the molecule is CCOC(=O)N1CCN(C(=O)CN(Cc2cccc(Cl)c2)S(=O)(=O)c2ccc(Cl)cc2)CC1. The third-order valence-corrected chi connectivity index (χ3v) is 7.46. The van der Waals surface area contributed by atoms with Crippen LogP contribution in [0.2, 0.25) is 10.0 Å². The Kier molecular flexibility index (Phi) is 8.58. The van der Waals surface area contributed by atoms with E-state index >= 15 is 0 Å². The second-order valence-electron chi connectivity index (χ2n) is 7.42. The first kappa shape index (κ1) is 25.3. The molecule has 1 saturated heterocycles. The monoisotopic (exact) mass is 513 g/mol. The van der Waals surface area contributed by atoms with E-state index in [4.69, 9.17) is 27.9 Å². The second-order valence-corrected chi connectivity index (χ2v) is 10.2. The van der Waals surface area contributed by atoms with Crippen molar-refractivity contribution in [3.8, 4) is 0 Å². The van der Waals surface area contributed by atoms with Crippen molar-refractivity contribution >= 4 is 45.2 Å². The first-order valence-corrected chi connectivity index (χ1v) is 12.6. The van der Waals surface area contributed by atoms with Gasteiger partial charge in [0, 0.05) is 42.8 Å². The molecule has 1 aliphatic heterocycles. The highest BCUT2D eigenvalue weighted by atomic mass is 35.5. The van der Waals surface area contributed by atoms with Crippen molar-refractivity contribution in [1.29, 1.82) is 0 Å². The van der Waals surface area contributed by atoms with Crippen molar-refractivity contribution in [3.63, 3.8) is 0 Å². The number of benzene rings is 2. The number of amides is 2. The number of carbonyl (C=O) groups excluding carboxylic acids is 2. The van der Waals surface area contributed by atoms with Gasteiger partial charge in [-0.25, -0.2) is 13.2 Å². The Morgan fingerprint density at radius 2 is 1.61 bits per heavy atom. The molecule has 2 amide bonds. The van der Waals surface area contributed by atoms with Crippen LogP contribution >= 0.6 is 23.2 Å². The molecule has 0 saturated carbocycles. The Morgan fingerprint density at radius 1 is 0.970 bits per heavy atom. The quantitative estimate of drug-likeness (QED) is 0.565. The number of hydrogen-bond acceptors (Lipinski definition) is 5. The second kappa shape index (κ2) is 11.2. The van der Waals surface area contributed by atoms with Crippen molar-refractivity contribution in [1.82, 2.24) is 14.1 Å². The maximum atomic E-state index is 13.4. The number of rotatable bonds is 7. The molecule has 2 aromatic rings. The molecule has 0 aromatic heterocycles. The molecule has 1 aliphatic rings. The maximum absolute atomic E-state index is 13.4. The predicted octanol–water partition coefficient (Wildman–Crippen LogP) is 3.49. The number of ether oxygens (including phenoxy) is 1. The summed E-state index contributed by atoms with van der Waals surface area (Å²) in [6, 6.07) is 12.6. The summed E-state index contributed by atoms with van der Waals surface area (Å²) in [6.07, 6.45) is -0.419. The molecule has 3 rings (SSSR count). The third kappa shape index (κ3) is 6.60. The molecular formula is C22H25Cl2N3O5S. The van der Waals surface area contributed by atoms with Gasteiger partial charge < -0.3 is 14.5 Å². The summed E-state index contributed by atoms with van der Waals surface area (Å²) < 4.78 is 32.9. The lowest BCUT2D eigenvalue weighted by atomic mass is 10.2. The van der Waals surface area contributed by atoms with Crippen LogP contribution in [0.25, 0.3) is 0 Å². The zero-order valence-corrected chi connectivity index (χ0v) is 20.4. The van der Waals surface area contributed by atoms with Gasteiger partial charge in [0.2, 0.25) is 15.9 Å². The van der Waals surface area contributed by atoms with Crippen LogP contribution < -0.4 is 0 Å². The smallest absolute Gasteiger partial charge is 0.409 e. The lowest BCUT2D eigenvalue weighted by Crippen LogP contribution is -2.53. The highest BCUT2D eigenvalue weighted by Crippen LogP contribution is 2.22. The van der Waals surface area contributed by atoms with Gasteiger partial charge in [0.05, 0.1) is 18.0 Å². The summed E-state index contributed by atoms with van der Waals surface area (Å²) in [7, 11) is -3.99. The molecular weight excluding hydrogens is 489 g/mol. The van der Waals surface area contributed by atoms with Crippen molar-refractivity contribution in [2.24, 2.45) is 0 Å². The fraction of sp³-hybridized carbons (Fsp3) is 0.364. The molecule has 2 aromatic carbocycles. The highest BCUT2D eigenvalue weighted by Gasteiger charge is 2.31. The Labute approximate surface area is 203 Å². The lowest BCUT2D eigenvalue weighted by molar-refractivity contribution is -0.133. The molecule has 0 radical (unpaired) electrons. The topological polar surface area (TPSA) is 87.2 Å². The number of sulfonamides is 1. The third-order valence-electron chi connectivity index (χ3n) is 5.17. The van der Waals surface area contributed by atoms with Crippen molar-refractivity contribution in [3.05, 3.63) is 64.1 Å². The zero-order chi connectivity index (χ0) is 24.0. The Balaban J connectivity index is 1.77. The molecule has 1 heterocycles. The van der Waals surface area contributed by atoms with Crippen LogP contribution in [0, 0.1) is 0 Å². The van der Waals surface area contributed by atoms with Gasteiger partial charge in [0.1, 0.15) is 0 Å². The van der Waals surface area contributed by atoms with Crippen molar-refractivity contribution in [2.45, 2.75) is 18.4 Å². The molecule has 0 N–H and O–H groups in total. The molecule has 178 valence electrons. The largest absolute Gasteiger partial charge is 0.450 e. The summed E-state index contributed by atoms with van der Waals surface area (Å²) in [5.74, 6) is -0.349. The number of halogens is 2. The molecule has 8 nitrogen and oxygen atoms in total. The van der Waals surface area contributed by atoms with E-state index in [0.717, 1.165) is 4.31 Å². The van der Waals surface area contributed by atoms with Crippen LogP contribution in [0.4, 0.5) is 4.79 Å². The number of piperazine rings is 1. The Hall–Kier alpha value is -2.33. The minimum atomic E-state index is -3.99. The maximum Gasteiger partial charge on any atom is 0.409 e. The number of hydrogen-bond donors (Lipinski definition) is 0. The van der Waals surface area contributed by atoms with Gasteiger partial charge in [-0.15, -0.1) is 0 Å². The van der Waals surface area contributed by atoms with Crippen molar-refractivity contribution < 1.29 is 22.7 Å². The van der Waals surface area contributed by atoms with E-state index in [9.17, 15) is 18.0 Å². The van der Waals surface area contributed by atoms with Gasteiger partial charge >= 0.3 is 6.09 Å². The van der Waals surface area contributed by atoms with Crippen LogP contribution in [0.3, 0.4) is 0 Å². The fourth-order valence-electron chi connectivity index (χ4n) is 3.42. The van der Waals surface area contributed by atoms with E-state index in [2.05, 4.69) is 0 Å². The summed E-state index contributed by atoms with van der Waals surface area (Å²) in [6.45, 7) is 2.86. The first-order valence-electron chi connectivity index (χ1n) is 10.4. The van der Waals surface area contributed by atoms with E-state index in [0.29, 0.717) is 41.8 Å². The molecule has 0 aliphatic carbocycles. The van der Waals surface area contributed by atoms with Gasteiger partial charge in [0.15, 0.2) is 0 Å². The average molecular weight is 514 g/mol. The van der Waals surface area contributed by atoms with Crippen LogP contribution in [-0.2, 0) is 26.1 Å². The fourth-order valence-corrected chi connectivity index (χ4v) is 5.14. The standard InChI is InChI=1S/C22H25Cl2N3O5S/c1-2-32-22(29)26-12-10-25(11-13-26)21(28)16-27(15-17-4-3-5-19(24)14-17)33(30,31)20-8-6-18(23)7-9-20/h3-9,14H,2,10-13,15-16H2,1H3. The molecule has 0 unspecified atom stereocenters. The van der Waals surface area contributed by atoms with Crippen LogP contribution in [-0.4, -0.2) is 73.9 Å². The molecule has 1 fully saturated rings. The minimum Gasteiger partial charge on any atom is -0.450 e. The molecule has 0 bridgehead atoms. The zero-order valence-electron chi connectivity index (χ0n) is 18.1. The summed E-state index contributed by atoms with van der Waals surface area (Å²) in [4.78, 5) is 28.0. The van der Waals surface area contributed by atoms with Gasteiger partial charge in [-0.2, -0.15) is 4.31 Å². The van der Waals surface area contributed by atoms with Crippen LogP contribution in [0.5, 0.6) is 0 Å². The predicted molar refractivity (Wildman–Crippen MR) is 126 cm³/mol. The van der Waals surface area contributed by atoms with Crippen LogP contribution in [0.15, 0.2) is 53.4 Å². The van der Waals surface area contributed by atoms with Gasteiger partial charge in [0.25, 0.3) is 0 Å². The summed E-state index contributed by atoms with van der Waals surface area (Å²) in [5.41, 5.74) is 0.653. The molecule has 11 heteroatoms. The van der Waals surface area contributed by atoms with Gasteiger partial charge in [-0.05, 0) is 48.9 Å². The summed E-state index contributed by atoms with van der Waals surface area (Å²) >= 11 is 12.0. The number of nitrogens with zero attached hydrogens (tertiary/aromatic N) is 3. The minimum absolute atomic E-state index is 0.0277. The van der Waals surface area contributed by atoms with Gasteiger partial charge in [-0.3, -0.25) is 4.79 Å². The molecule has 0 spiro atoms. The van der Waals surface area contributed by atoms with E-state index in [-0.39, 0.29) is 30.5 Å². The molecule has 0 atom stereocenters. The van der Waals surface area contributed by atoms with Crippen LogP contribution in [0.1, 0.15) is 12.5 Å². The highest BCUT2D eigenvalue weighted by molar-refractivity contribution is 7.89. The van der Waals surface area contributed by atoms with Gasteiger partial charge in [-0.1, -0.05) is 35.3 Å². The first-order chi connectivity index (χ1) is 15.7. The van der Waals surface area contributed by atoms with E-state index in [1.165, 1.54) is 29.2 Å². The molecule has 33 heavy (non-hydrogen) atoms. The Morgan fingerprint density at radius 3 is 2.21 bits per heavy atom.